The van der Waals surface area contributed by atoms with Crippen molar-refractivity contribution in [3.8, 4) is 0 Å². The van der Waals surface area contributed by atoms with Crippen molar-refractivity contribution in [2.45, 2.75) is 25.8 Å². The number of nitrogens with one attached hydrogen (secondary N) is 2. The molecule has 0 aromatic rings. The highest BCUT2D eigenvalue weighted by Crippen LogP contribution is 2.02. The average Bonchev–Trinajstić information content (AvgIpc) is 2.02. The summed E-state index contributed by atoms with van der Waals surface area (Å²) in [4.78, 5) is 3.95. The van der Waals surface area contributed by atoms with Crippen LogP contribution in [0.25, 0.3) is 0 Å². The summed E-state index contributed by atoms with van der Waals surface area (Å²) in [6.07, 6.45) is 1.06. The van der Waals surface area contributed by atoms with Gasteiger partial charge in [-0.15, -0.1) is 12.4 Å². The summed E-state index contributed by atoms with van der Waals surface area (Å²) >= 11 is 0. The summed E-state index contributed by atoms with van der Waals surface area (Å²) in [5.74, 6) is -0.204. The van der Waals surface area contributed by atoms with E-state index in [9.17, 15) is 4.39 Å². The molecule has 0 fully saturated rings. The van der Waals surface area contributed by atoms with Crippen molar-refractivity contribution < 1.29 is 4.39 Å². The fourth-order valence-corrected chi connectivity index (χ4v) is 0.853. The molecule has 0 aliphatic rings. The first-order valence-corrected chi connectivity index (χ1v) is 4.10. The van der Waals surface area contributed by atoms with Crippen LogP contribution in [-0.2, 0) is 0 Å². The molecule has 0 amide bonds. The van der Waals surface area contributed by atoms with Gasteiger partial charge in [0.25, 0.3) is 0 Å². The van der Waals surface area contributed by atoms with Crippen LogP contribution >= 0.6 is 12.4 Å². The van der Waals surface area contributed by atoms with E-state index in [0.717, 1.165) is 0 Å². The van der Waals surface area contributed by atoms with Crippen LogP contribution in [0.3, 0.4) is 0 Å². The third-order valence-electron chi connectivity index (χ3n) is 1.50. The van der Waals surface area contributed by atoms with Crippen LogP contribution in [0.1, 0.15) is 19.8 Å². The molecule has 0 saturated heterocycles. The first-order valence-electron chi connectivity index (χ1n) is 4.10. The number of guanidine groups is 2. The maximum Gasteiger partial charge on any atom is 0.195 e. The van der Waals surface area contributed by atoms with E-state index >= 15 is 0 Å². The van der Waals surface area contributed by atoms with Crippen molar-refractivity contribution in [3.05, 3.63) is 0 Å². The van der Waals surface area contributed by atoms with Crippen LogP contribution in [0.4, 0.5) is 4.39 Å². The molecule has 0 aliphatic heterocycles. The molecule has 0 bridgehead atoms. The highest BCUT2D eigenvalue weighted by molar-refractivity contribution is 5.95. The van der Waals surface area contributed by atoms with E-state index in [2.05, 4.69) is 10.3 Å². The van der Waals surface area contributed by atoms with Crippen LogP contribution in [-0.4, -0.2) is 24.6 Å². The minimum absolute atomic E-state index is 0. The maximum absolute atomic E-state index is 11.9. The zero-order chi connectivity index (χ0) is 10.3. The lowest BCUT2D eigenvalue weighted by Gasteiger charge is -2.09. The first-order chi connectivity index (χ1) is 6.10. The van der Waals surface area contributed by atoms with Crippen LogP contribution in [0.15, 0.2) is 4.99 Å². The standard InChI is InChI=1S/C7H16FN5.ClH/c1-2-5(3-4-8)12-7(11)13-6(9)10;/h5H,2-4H2,1H3,(H6,9,10,11,12,13);1H. The fourth-order valence-electron chi connectivity index (χ4n) is 0.853. The lowest BCUT2D eigenvalue weighted by atomic mass is 10.2. The molecule has 1 unspecified atom stereocenters. The topological polar surface area (TPSA) is 100 Å². The molecule has 0 radical (unpaired) electrons. The van der Waals surface area contributed by atoms with Gasteiger partial charge < -0.3 is 11.5 Å². The Kier molecular flexibility index (Phi) is 9.43. The van der Waals surface area contributed by atoms with E-state index in [0.29, 0.717) is 12.8 Å². The van der Waals surface area contributed by atoms with Crippen molar-refractivity contribution in [1.82, 2.24) is 5.32 Å². The average molecular weight is 226 g/mol. The smallest absolute Gasteiger partial charge is 0.195 e. The van der Waals surface area contributed by atoms with Crippen LogP contribution in [0, 0.1) is 5.41 Å². The molecule has 0 spiro atoms. The lowest BCUT2D eigenvalue weighted by Crippen LogP contribution is -2.41. The summed E-state index contributed by atoms with van der Waals surface area (Å²) in [5.41, 5.74) is 10.4. The first kappa shape index (κ1) is 15.4. The Morgan fingerprint density at radius 2 is 2.14 bits per heavy atom. The largest absolute Gasteiger partial charge is 0.370 e. The van der Waals surface area contributed by atoms with E-state index in [1.165, 1.54) is 0 Å². The minimum atomic E-state index is -0.421. The van der Waals surface area contributed by atoms with Crippen molar-refractivity contribution in [3.63, 3.8) is 0 Å². The molecule has 6 N–H and O–H groups in total. The van der Waals surface area contributed by atoms with Crippen molar-refractivity contribution in [1.29, 1.82) is 5.41 Å². The summed E-state index contributed by atoms with van der Waals surface area (Å²) in [6, 6.07) is -0.142. The highest BCUT2D eigenvalue weighted by atomic mass is 35.5. The van der Waals surface area contributed by atoms with Gasteiger partial charge >= 0.3 is 0 Å². The Balaban J connectivity index is 0. The fraction of sp³-hybridized carbons (Fsp3) is 0.714. The molecule has 0 aromatic carbocycles. The summed E-state index contributed by atoms with van der Waals surface area (Å²) in [7, 11) is 0. The van der Waals surface area contributed by atoms with Crippen LogP contribution < -0.4 is 16.8 Å². The number of nitrogens with two attached hydrogens (primary N) is 2. The van der Waals surface area contributed by atoms with Gasteiger partial charge in [0.1, 0.15) is 0 Å². The lowest BCUT2D eigenvalue weighted by molar-refractivity contribution is 0.432. The Bertz CT molecular complexity index is 197. The van der Waals surface area contributed by atoms with Crippen LogP contribution in [0.2, 0.25) is 0 Å². The Morgan fingerprint density at radius 1 is 1.57 bits per heavy atom. The minimum Gasteiger partial charge on any atom is -0.370 e. The van der Waals surface area contributed by atoms with Gasteiger partial charge in [-0.25, -0.2) is 4.99 Å². The zero-order valence-electron chi connectivity index (χ0n) is 8.09. The molecular formula is C7H17ClFN5. The number of aliphatic imine (C=N–C) groups is 1. The number of alkyl halides is 1. The summed E-state index contributed by atoms with van der Waals surface area (Å²) in [5, 5.41) is 9.19. The maximum atomic E-state index is 11.9. The molecule has 7 heteroatoms. The third-order valence-corrected chi connectivity index (χ3v) is 1.50. The number of rotatable bonds is 4. The molecule has 0 rings (SSSR count). The number of nitrogens with zero attached hydrogens (tertiary/aromatic N) is 1. The van der Waals surface area contributed by atoms with Crippen molar-refractivity contribution >= 4 is 24.3 Å². The number of hydrogen-bond acceptors (Lipinski definition) is 2. The monoisotopic (exact) mass is 225 g/mol. The molecule has 14 heavy (non-hydrogen) atoms. The molecule has 0 heterocycles. The zero-order valence-corrected chi connectivity index (χ0v) is 8.90. The van der Waals surface area contributed by atoms with Gasteiger partial charge in [0.05, 0.1) is 12.7 Å². The Hall–Kier alpha value is -1.04. The number of hydrogen-bond donors (Lipinski definition) is 4. The van der Waals surface area contributed by atoms with Gasteiger partial charge in [0.2, 0.25) is 0 Å². The Labute approximate surface area is 89.1 Å². The molecular weight excluding hydrogens is 209 g/mol. The van der Waals surface area contributed by atoms with Crippen molar-refractivity contribution in [2.75, 3.05) is 6.67 Å². The van der Waals surface area contributed by atoms with Gasteiger partial charge in [-0.1, -0.05) is 6.92 Å². The molecule has 1 atom stereocenters. The molecule has 84 valence electrons. The van der Waals surface area contributed by atoms with E-state index < -0.39 is 6.67 Å². The number of halogens is 2. The predicted molar refractivity (Wildman–Crippen MR) is 58.6 cm³/mol. The molecule has 0 aromatic heterocycles. The van der Waals surface area contributed by atoms with Gasteiger partial charge in [-0.3, -0.25) is 15.1 Å². The third kappa shape index (κ3) is 7.60. The molecule has 0 saturated carbocycles. The Morgan fingerprint density at radius 3 is 2.50 bits per heavy atom. The molecule has 5 nitrogen and oxygen atoms in total. The van der Waals surface area contributed by atoms with Gasteiger partial charge in [0.15, 0.2) is 11.9 Å². The highest BCUT2D eigenvalue weighted by Gasteiger charge is 2.04. The second-order valence-electron chi connectivity index (χ2n) is 2.59. The van der Waals surface area contributed by atoms with Gasteiger partial charge in [-0.2, -0.15) is 0 Å². The van der Waals surface area contributed by atoms with Gasteiger partial charge in [0, 0.05) is 0 Å². The van der Waals surface area contributed by atoms with E-state index in [-0.39, 0.29) is 30.4 Å². The van der Waals surface area contributed by atoms with Gasteiger partial charge in [-0.05, 0) is 12.8 Å². The van der Waals surface area contributed by atoms with E-state index in [1.807, 2.05) is 6.92 Å². The summed E-state index contributed by atoms with van der Waals surface area (Å²) < 4.78 is 11.9. The quantitative estimate of drug-likeness (QED) is 0.410. The summed E-state index contributed by atoms with van der Waals surface area (Å²) in [6.45, 7) is 1.47. The predicted octanol–water partition coefficient (Wildman–Crippen LogP) is 0.344. The second kappa shape index (κ2) is 8.55. The second-order valence-corrected chi connectivity index (χ2v) is 2.59. The van der Waals surface area contributed by atoms with E-state index in [4.69, 9.17) is 16.9 Å². The normalized spacial score (nSPS) is 12.9. The molecule has 0 aliphatic carbocycles. The van der Waals surface area contributed by atoms with Crippen molar-refractivity contribution in [2.24, 2.45) is 16.5 Å². The van der Waals surface area contributed by atoms with E-state index in [1.54, 1.807) is 0 Å². The van der Waals surface area contributed by atoms with Crippen LogP contribution in [0.5, 0.6) is 0 Å². The SMILES string of the molecule is CCC(CCF)N=C(N)NC(=N)N.Cl.